The van der Waals surface area contributed by atoms with Gasteiger partial charge in [-0.05, 0) is 0 Å². The molecule has 0 atom stereocenters. The van der Waals surface area contributed by atoms with Crippen LogP contribution in [0.2, 0.25) is 0 Å². The molecule has 0 heterocycles. The number of hydrogen-bond donors (Lipinski definition) is 2. The third kappa shape index (κ3) is 11.5. The van der Waals surface area contributed by atoms with E-state index in [-0.39, 0.29) is 37.3 Å². The number of carboxylic acid groups (broad SMARTS) is 2. The van der Waals surface area contributed by atoms with Gasteiger partial charge in [-0.2, -0.15) is 0 Å². The fraction of sp³-hybridized carbons (Fsp3) is 0. The van der Waals surface area contributed by atoms with Crippen molar-refractivity contribution < 1.29 is 57.1 Å². The van der Waals surface area contributed by atoms with Crippen LogP contribution >= 0.6 is 0 Å². The SMILES string of the molecule is O=C(O)/C=C\C(=O)O.[Er]. The molecular weight excluding hydrogens is 279 g/mol. The van der Waals surface area contributed by atoms with E-state index in [2.05, 4.69) is 0 Å². The van der Waals surface area contributed by atoms with Crippen molar-refractivity contribution in [3.8, 4) is 0 Å². The van der Waals surface area contributed by atoms with Crippen LogP contribution in [0.1, 0.15) is 0 Å². The summed E-state index contributed by atoms with van der Waals surface area (Å²) < 4.78 is 0. The molecule has 0 saturated heterocycles. The summed E-state index contributed by atoms with van der Waals surface area (Å²) in [4.78, 5) is 19.1. The van der Waals surface area contributed by atoms with Gasteiger partial charge in [0.2, 0.25) is 0 Å². The Morgan fingerprint density at radius 2 is 1.22 bits per heavy atom. The second-order valence-corrected chi connectivity index (χ2v) is 1.01. The van der Waals surface area contributed by atoms with Crippen molar-refractivity contribution in [2.75, 3.05) is 0 Å². The summed E-state index contributed by atoms with van der Waals surface area (Å²) in [6.07, 6.45) is 1.12. The van der Waals surface area contributed by atoms with E-state index >= 15 is 0 Å². The van der Waals surface area contributed by atoms with Gasteiger partial charge >= 0.3 is 11.9 Å². The number of carboxylic acids is 2. The van der Waals surface area contributed by atoms with Gasteiger partial charge in [0.05, 0.1) is 0 Å². The first kappa shape index (κ1) is 11.7. The molecule has 0 aromatic rings. The molecule has 9 heavy (non-hydrogen) atoms. The molecule has 2 N–H and O–H groups in total. The summed E-state index contributed by atoms with van der Waals surface area (Å²) in [5, 5.41) is 15.6. The molecule has 0 spiro atoms. The summed E-state index contributed by atoms with van der Waals surface area (Å²) in [6.45, 7) is 0. The molecule has 56 valence electrons. The van der Waals surface area contributed by atoms with Gasteiger partial charge in [-0.3, -0.25) is 0 Å². The zero-order valence-electron chi connectivity index (χ0n) is 4.15. The molecule has 4 nitrogen and oxygen atoms in total. The number of rotatable bonds is 2. The molecular formula is C4H4ErO4. The van der Waals surface area contributed by atoms with Crippen molar-refractivity contribution in [3.63, 3.8) is 0 Å². The zero-order valence-corrected chi connectivity index (χ0v) is 6.01. The number of hydrogen-bond acceptors (Lipinski definition) is 2. The third-order valence-corrected chi connectivity index (χ3v) is 0.368. The van der Waals surface area contributed by atoms with Crippen LogP contribution < -0.4 is 0 Å². The van der Waals surface area contributed by atoms with Crippen LogP contribution in [0.3, 0.4) is 0 Å². The second kappa shape index (κ2) is 6.05. The Balaban J connectivity index is 0. The van der Waals surface area contributed by atoms with E-state index in [1.165, 1.54) is 0 Å². The molecule has 0 fully saturated rings. The Kier molecular flexibility index (Phi) is 7.86. The number of carbonyl (C=O) groups is 2. The maximum absolute atomic E-state index is 9.55. The van der Waals surface area contributed by atoms with E-state index in [1.807, 2.05) is 0 Å². The van der Waals surface area contributed by atoms with Crippen molar-refractivity contribution in [2.45, 2.75) is 0 Å². The standard InChI is InChI=1S/C4H4O4.Er/c5-3(6)1-2-4(7)8;/h1-2H,(H,5,6)(H,7,8);/b2-1-;. The van der Waals surface area contributed by atoms with Crippen LogP contribution in [0.25, 0.3) is 0 Å². The first-order valence-corrected chi connectivity index (χ1v) is 1.77. The molecule has 5 heteroatoms. The van der Waals surface area contributed by atoms with Gasteiger partial charge < -0.3 is 10.2 Å². The molecule has 0 saturated carbocycles. The minimum Gasteiger partial charge on any atom is -0.478 e. The minimum absolute atomic E-state index is 0. The van der Waals surface area contributed by atoms with Gasteiger partial charge in [-0.25, -0.2) is 9.59 Å². The number of aliphatic carboxylic acids is 2. The first-order chi connectivity index (χ1) is 3.63. The van der Waals surface area contributed by atoms with Crippen LogP contribution in [0.15, 0.2) is 12.2 Å². The molecule has 0 unspecified atom stereocenters. The predicted octanol–water partition coefficient (Wildman–Crippen LogP) is -0.288. The Hall–Kier alpha value is -0.0732. The summed E-state index contributed by atoms with van der Waals surface area (Å²) in [7, 11) is 0. The van der Waals surface area contributed by atoms with E-state index in [9.17, 15) is 9.59 Å². The van der Waals surface area contributed by atoms with Crippen LogP contribution in [0.4, 0.5) is 0 Å². The van der Waals surface area contributed by atoms with Crippen LogP contribution in [-0.2, 0) is 9.59 Å². The van der Waals surface area contributed by atoms with Crippen LogP contribution in [-0.4, -0.2) is 22.2 Å². The molecule has 0 amide bonds. The predicted molar refractivity (Wildman–Crippen MR) is 24.4 cm³/mol. The van der Waals surface area contributed by atoms with Crippen molar-refractivity contribution in [1.82, 2.24) is 0 Å². The molecule has 0 bridgehead atoms. The summed E-state index contributed by atoms with van der Waals surface area (Å²) in [5.41, 5.74) is 0. The molecule has 0 aliphatic carbocycles. The van der Waals surface area contributed by atoms with Crippen molar-refractivity contribution in [2.24, 2.45) is 0 Å². The Morgan fingerprint density at radius 1 is 1.00 bits per heavy atom. The summed E-state index contributed by atoms with van der Waals surface area (Å²) in [5.74, 6) is -2.51. The fourth-order valence-electron chi connectivity index (χ4n) is 0.143. The molecule has 0 aliphatic heterocycles. The molecule has 0 aromatic carbocycles. The van der Waals surface area contributed by atoms with E-state index in [1.54, 1.807) is 0 Å². The zero-order chi connectivity index (χ0) is 6.57. The summed E-state index contributed by atoms with van der Waals surface area (Å²) >= 11 is 0. The Morgan fingerprint density at radius 3 is 1.33 bits per heavy atom. The van der Waals surface area contributed by atoms with Gasteiger partial charge in [0.15, 0.2) is 0 Å². The largest absolute Gasteiger partial charge is 0.478 e. The normalized spacial score (nSPS) is 8.44. The van der Waals surface area contributed by atoms with Gasteiger partial charge in [0.1, 0.15) is 0 Å². The molecule has 0 radical (unpaired) electrons. The first-order valence-electron chi connectivity index (χ1n) is 1.77. The smallest absolute Gasteiger partial charge is 0.328 e. The minimum atomic E-state index is -1.26. The monoisotopic (exact) mass is 282 g/mol. The van der Waals surface area contributed by atoms with E-state index in [0.29, 0.717) is 12.2 Å². The average molecular weight is 283 g/mol. The average Bonchev–Trinajstić information content (AvgIpc) is 1.61. The van der Waals surface area contributed by atoms with Gasteiger partial charge in [-0.15, -0.1) is 0 Å². The quantitative estimate of drug-likeness (QED) is 0.683. The third-order valence-electron chi connectivity index (χ3n) is 0.368. The van der Waals surface area contributed by atoms with E-state index < -0.39 is 11.9 Å². The maximum atomic E-state index is 9.55. The molecule has 0 aromatic heterocycles. The van der Waals surface area contributed by atoms with E-state index in [4.69, 9.17) is 10.2 Å². The van der Waals surface area contributed by atoms with Crippen molar-refractivity contribution in [1.29, 1.82) is 0 Å². The van der Waals surface area contributed by atoms with Gasteiger partial charge in [0, 0.05) is 49.5 Å². The van der Waals surface area contributed by atoms with Crippen molar-refractivity contribution in [3.05, 3.63) is 12.2 Å². The second-order valence-electron chi connectivity index (χ2n) is 1.01. The molecule has 0 rings (SSSR count). The Bertz CT molecular complexity index is 124. The van der Waals surface area contributed by atoms with Gasteiger partial charge in [-0.1, -0.05) is 0 Å². The Labute approximate surface area is 80.8 Å². The van der Waals surface area contributed by atoms with Crippen LogP contribution in [0, 0.1) is 37.3 Å². The van der Waals surface area contributed by atoms with E-state index in [0.717, 1.165) is 0 Å². The topological polar surface area (TPSA) is 74.6 Å². The molecule has 0 aliphatic rings. The summed E-state index contributed by atoms with van der Waals surface area (Å²) in [6, 6.07) is 0. The van der Waals surface area contributed by atoms with Gasteiger partial charge in [0.25, 0.3) is 0 Å². The maximum Gasteiger partial charge on any atom is 0.328 e. The fourth-order valence-corrected chi connectivity index (χ4v) is 0.143. The van der Waals surface area contributed by atoms with Crippen molar-refractivity contribution >= 4 is 11.9 Å². The van der Waals surface area contributed by atoms with Crippen LogP contribution in [0.5, 0.6) is 0 Å².